The fourth-order valence-electron chi connectivity index (χ4n) is 3.15. The van der Waals surface area contributed by atoms with Crippen LogP contribution in [0.3, 0.4) is 0 Å². The molecule has 1 atom stereocenters. The molecule has 0 bridgehead atoms. The van der Waals surface area contributed by atoms with Crippen LogP contribution in [0, 0.1) is 12.8 Å². The molecule has 1 N–H and O–H groups in total. The predicted molar refractivity (Wildman–Crippen MR) is 99.0 cm³/mol. The molecule has 1 unspecified atom stereocenters. The number of aryl methyl sites for hydroxylation is 1. The van der Waals surface area contributed by atoms with Crippen LogP contribution in [0.15, 0.2) is 18.2 Å². The number of nitrogens with one attached hydrogen (secondary N) is 1. The first-order valence-electron chi connectivity index (χ1n) is 8.95. The van der Waals surface area contributed by atoms with Crippen molar-refractivity contribution in [1.29, 1.82) is 0 Å². The Morgan fingerprint density at radius 1 is 1.36 bits per heavy atom. The van der Waals surface area contributed by atoms with E-state index in [1.165, 1.54) is 0 Å². The van der Waals surface area contributed by atoms with E-state index in [1.807, 2.05) is 25.1 Å². The first kappa shape index (κ1) is 19.2. The maximum atomic E-state index is 12.4. The maximum Gasteiger partial charge on any atom is 0.227 e. The number of hydrogen-bond donors (Lipinski definition) is 1. The number of nitrogens with zero attached hydrogens (tertiary/aromatic N) is 2. The molecular weight excluding hydrogens is 318 g/mol. The van der Waals surface area contributed by atoms with Crippen molar-refractivity contribution in [3.63, 3.8) is 0 Å². The number of carbonyl (C=O) groups excluding carboxylic acids is 2. The highest BCUT2D eigenvalue weighted by Gasteiger charge is 2.36. The fourth-order valence-corrected chi connectivity index (χ4v) is 3.15. The number of methoxy groups -OCH3 is 1. The number of carbonyl (C=O) groups is 2. The van der Waals surface area contributed by atoms with Gasteiger partial charge in [-0.15, -0.1) is 0 Å². The molecule has 2 rings (SSSR count). The number of amides is 2. The second-order valence-electron chi connectivity index (χ2n) is 6.40. The highest BCUT2D eigenvalue weighted by atomic mass is 16.5. The van der Waals surface area contributed by atoms with E-state index in [9.17, 15) is 9.59 Å². The van der Waals surface area contributed by atoms with Crippen LogP contribution < -0.4 is 15.0 Å². The second kappa shape index (κ2) is 8.85. The van der Waals surface area contributed by atoms with Gasteiger partial charge < -0.3 is 19.9 Å². The lowest BCUT2D eigenvalue weighted by molar-refractivity contribution is -0.126. The smallest absolute Gasteiger partial charge is 0.227 e. The van der Waals surface area contributed by atoms with Crippen molar-refractivity contribution in [1.82, 2.24) is 10.2 Å². The van der Waals surface area contributed by atoms with Crippen molar-refractivity contribution in [2.75, 3.05) is 44.7 Å². The van der Waals surface area contributed by atoms with E-state index in [2.05, 4.69) is 24.1 Å². The number of hydrogen-bond acceptors (Lipinski definition) is 4. The van der Waals surface area contributed by atoms with Crippen molar-refractivity contribution >= 4 is 17.5 Å². The lowest BCUT2D eigenvalue weighted by Crippen LogP contribution is -2.38. The zero-order valence-electron chi connectivity index (χ0n) is 15.7. The van der Waals surface area contributed by atoms with Gasteiger partial charge in [-0.05, 0) is 37.7 Å². The SMILES string of the molecule is CCN(CC)CCNC(=O)C1CC(=O)N(c2cc(C)ccc2OC)C1. The van der Waals surface area contributed by atoms with E-state index >= 15 is 0 Å². The zero-order valence-corrected chi connectivity index (χ0v) is 15.7. The van der Waals surface area contributed by atoms with E-state index in [0.29, 0.717) is 18.8 Å². The van der Waals surface area contributed by atoms with Crippen LogP contribution in [-0.2, 0) is 9.59 Å². The minimum Gasteiger partial charge on any atom is -0.495 e. The summed E-state index contributed by atoms with van der Waals surface area (Å²) in [4.78, 5) is 28.8. The molecule has 0 aromatic heterocycles. The Balaban J connectivity index is 1.98. The molecule has 1 saturated heterocycles. The summed E-state index contributed by atoms with van der Waals surface area (Å²) in [6.45, 7) is 9.96. The normalized spacial score (nSPS) is 17.2. The first-order chi connectivity index (χ1) is 12.0. The van der Waals surface area contributed by atoms with Gasteiger partial charge in [-0.1, -0.05) is 19.9 Å². The van der Waals surface area contributed by atoms with E-state index < -0.39 is 0 Å². The van der Waals surface area contributed by atoms with E-state index in [1.54, 1.807) is 12.0 Å². The van der Waals surface area contributed by atoms with Crippen molar-refractivity contribution in [3.05, 3.63) is 23.8 Å². The molecule has 2 amide bonds. The Bertz CT molecular complexity index is 614. The van der Waals surface area contributed by atoms with Crippen LogP contribution in [0.1, 0.15) is 25.8 Å². The summed E-state index contributed by atoms with van der Waals surface area (Å²) >= 11 is 0. The molecule has 1 aliphatic heterocycles. The van der Waals surface area contributed by atoms with Gasteiger partial charge in [0, 0.05) is 26.1 Å². The van der Waals surface area contributed by atoms with Crippen LogP contribution in [-0.4, -0.2) is 56.5 Å². The fraction of sp³-hybridized carbons (Fsp3) is 0.579. The molecule has 25 heavy (non-hydrogen) atoms. The summed E-state index contributed by atoms with van der Waals surface area (Å²) in [5.41, 5.74) is 1.79. The highest BCUT2D eigenvalue weighted by molar-refractivity contribution is 6.01. The van der Waals surface area contributed by atoms with Crippen molar-refractivity contribution in [2.45, 2.75) is 27.2 Å². The Morgan fingerprint density at radius 2 is 2.08 bits per heavy atom. The number of anilines is 1. The lowest BCUT2D eigenvalue weighted by Gasteiger charge is -2.21. The van der Waals surface area contributed by atoms with Gasteiger partial charge in [0.15, 0.2) is 0 Å². The molecule has 1 aromatic rings. The number of ether oxygens (including phenoxy) is 1. The molecule has 0 aliphatic carbocycles. The number of likely N-dealkylation sites (N-methyl/N-ethyl adjacent to an activating group) is 1. The largest absolute Gasteiger partial charge is 0.495 e. The zero-order chi connectivity index (χ0) is 18.4. The van der Waals surface area contributed by atoms with E-state index in [-0.39, 0.29) is 24.2 Å². The summed E-state index contributed by atoms with van der Waals surface area (Å²) in [5, 5.41) is 2.97. The molecule has 1 aromatic carbocycles. The quantitative estimate of drug-likeness (QED) is 0.779. The molecule has 1 fully saturated rings. The van der Waals surface area contributed by atoms with E-state index in [4.69, 9.17) is 4.74 Å². The summed E-state index contributed by atoms with van der Waals surface area (Å²) in [6.07, 6.45) is 0.244. The molecule has 0 radical (unpaired) electrons. The van der Waals surface area contributed by atoms with E-state index in [0.717, 1.165) is 30.9 Å². The Hall–Kier alpha value is -2.08. The van der Waals surface area contributed by atoms with Gasteiger partial charge in [0.05, 0.1) is 18.7 Å². The van der Waals surface area contributed by atoms with Crippen LogP contribution in [0.4, 0.5) is 5.69 Å². The van der Waals surface area contributed by atoms with Gasteiger partial charge >= 0.3 is 0 Å². The monoisotopic (exact) mass is 347 g/mol. The minimum atomic E-state index is -0.311. The van der Waals surface area contributed by atoms with Crippen LogP contribution in [0.5, 0.6) is 5.75 Å². The third kappa shape index (κ3) is 4.72. The average molecular weight is 347 g/mol. The van der Waals surface area contributed by atoms with Crippen molar-refractivity contribution < 1.29 is 14.3 Å². The summed E-state index contributed by atoms with van der Waals surface area (Å²) in [6, 6.07) is 5.73. The third-order valence-electron chi connectivity index (χ3n) is 4.74. The van der Waals surface area contributed by atoms with Gasteiger partial charge in [0.25, 0.3) is 0 Å². The van der Waals surface area contributed by atoms with Gasteiger partial charge in [-0.3, -0.25) is 9.59 Å². The van der Waals surface area contributed by atoms with Crippen molar-refractivity contribution in [3.8, 4) is 5.75 Å². The van der Waals surface area contributed by atoms with Crippen molar-refractivity contribution in [2.24, 2.45) is 5.92 Å². The van der Waals surface area contributed by atoms with Crippen LogP contribution >= 0.6 is 0 Å². The highest BCUT2D eigenvalue weighted by Crippen LogP contribution is 2.33. The van der Waals surface area contributed by atoms with Crippen LogP contribution in [0.2, 0.25) is 0 Å². The van der Waals surface area contributed by atoms with Gasteiger partial charge in [-0.2, -0.15) is 0 Å². The summed E-state index contributed by atoms with van der Waals surface area (Å²) in [7, 11) is 1.59. The van der Waals surface area contributed by atoms with Gasteiger partial charge in [0.2, 0.25) is 11.8 Å². The lowest BCUT2D eigenvalue weighted by atomic mass is 10.1. The van der Waals surface area contributed by atoms with Crippen LogP contribution in [0.25, 0.3) is 0 Å². The average Bonchev–Trinajstić information content (AvgIpc) is 3.00. The summed E-state index contributed by atoms with van der Waals surface area (Å²) in [5.74, 6) is 0.262. The Morgan fingerprint density at radius 3 is 2.72 bits per heavy atom. The minimum absolute atomic E-state index is 0.0345. The second-order valence-corrected chi connectivity index (χ2v) is 6.40. The Labute approximate surface area is 150 Å². The standard InChI is InChI=1S/C19H29N3O3/c1-5-21(6-2)10-9-20-19(24)15-12-18(23)22(13-15)16-11-14(3)7-8-17(16)25-4/h7-8,11,15H,5-6,9-10,12-13H2,1-4H3,(H,20,24). The molecule has 6 heteroatoms. The first-order valence-corrected chi connectivity index (χ1v) is 8.95. The maximum absolute atomic E-state index is 12.4. The molecule has 0 saturated carbocycles. The predicted octanol–water partition coefficient (Wildman–Crippen LogP) is 1.81. The topological polar surface area (TPSA) is 61.9 Å². The molecular formula is C19H29N3O3. The third-order valence-corrected chi connectivity index (χ3v) is 4.74. The number of benzene rings is 1. The molecule has 6 nitrogen and oxygen atoms in total. The molecule has 138 valence electrons. The molecule has 1 aliphatic rings. The van der Waals surface area contributed by atoms with Gasteiger partial charge in [-0.25, -0.2) is 0 Å². The Kier molecular flexibility index (Phi) is 6.82. The van der Waals surface area contributed by atoms with Gasteiger partial charge in [0.1, 0.15) is 5.75 Å². The summed E-state index contributed by atoms with van der Waals surface area (Å²) < 4.78 is 5.37. The molecule has 0 spiro atoms. The molecule has 1 heterocycles. The number of rotatable bonds is 8.